The molecule has 0 bridgehead atoms. The summed E-state index contributed by atoms with van der Waals surface area (Å²) in [6.45, 7) is 0. The van der Waals surface area contributed by atoms with Crippen molar-refractivity contribution in [1.29, 1.82) is 0 Å². The first kappa shape index (κ1) is 17.0. The van der Waals surface area contributed by atoms with Crippen molar-refractivity contribution < 1.29 is 18.7 Å². The molecule has 0 spiro atoms. The van der Waals surface area contributed by atoms with Crippen LogP contribution in [0, 0.1) is 5.82 Å². The summed E-state index contributed by atoms with van der Waals surface area (Å²) in [5, 5.41) is 3.04. The zero-order valence-electron chi connectivity index (χ0n) is 12.4. The van der Waals surface area contributed by atoms with Crippen molar-refractivity contribution in [2.75, 3.05) is 7.11 Å². The molecule has 1 amide bonds. The third-order valence-electron chi connectivity index (χ3n) is 3.26. The van der Waals surface area contributed by atoms with Gasteiger partial charge in [0.25, 0.3) is 5.91 Å². The van der Waals surface area contributed by atoms with Crippen LogP contribution in [0.25, 0.3) is 0 Å². The number of benzene rings is 2. The van der Waals surface area contributed by atoms with Gasteiger partial charge >= 0.3 is 5.97 Å². The van der Waals surface area contributed by atoms with E-state index in [1.54, 1.807) is 24.3 Å². The highest BCUT2D eigenvalue weighted by molar-refractivity contribution is 6.31. The van der Waals surface area contributed by atoms with Gasteiger partial charge in [-0.1, -0.05) is 35.9 Å². The van der Waals surface area contributed by atoms with E-state index in [0.717, 1.165) is 6.07 Å². The Kier molecular flexibility index (Phi) is 5.71. The van der Waals surface area contributed by atoms with Crippen molar-refractivity contribution >= 4 is 23.5 Å². The molecule has 0 saturated carbocycles. The maximum atomic E-state index is 13.2. The highest BCUT2D eigenvalue weighted by Crippen LogP contribution is 2.17. The van der Waals surface area contributed by atoms with Crippen LogP contribution in [0.5, 0.6) is 0 Å². The van der Waals surface area contributed by atoms with Gasteiger partial charge in [-0.15, -0.1) is 0 Å². The van der Waals surface area contributed by atoms with Crippen molar-refractivity contribution in [1.82, 2.24) is 5.32 Å². The van der Waals surface area contributed by atoms with Gasteiger partial charge in [0, 0.05) is 17.0 Å². The lowest BCUT2D eigenvalue weighted by molar-refractivity contribution is -0.142. The molecular formula is C17H15ClFNO3. The topological polar surface area (TPSA) is 55.4 Å². The monoisotopic (exact) mass is 335 g/mol. The molecule has 120 valence electrons. The van der Waals surface area contributed by atoms with Crippen LogP contribution in [0.15, 0.2) is 48.5 Å². The normalized spacial score (nSPS) is 11.6. The van der Waals surface area contributed by atoms with E-state index in [2.05, 4.69) is 5.32 Å². The molecule has 2 rings (SSSR count). The largest absolute Gasteiger partial charge is 0.467 e. The number of carbonyl (C=O) groups excluding carboxylic acids is 2. The van der Waals surface area contributed by atoms with Gasteiger partial charge < -0.3 is 10.1 Å². The van der Waals surface area contributed by atoms with Gasteiger partial charge in [-0.2, -0.15) is 0 Å². The quantitative estimate of drug-likeness (QED) is 0.855. The molecule has 6 heteroatoms. The smallest absolute Gasteiger partial charge is 0.328 e. The molecule has 0 unspecified atom stereocenters. The fraction of sp³-hybridized carbons (Fsp3) is 0.176. The number of ether oxygens (including phenoxy) is 1. The highest BCUT2D eigenvalue weighted by atomic mass is 35.5. The van der Waals surface area contributed by atoms with Crippen LogP contribution >= 0.6 is 11.6 Å². The van der Waals surface area contributed by atoms with Gasteiger partial charge in [-0.25, -0.2) is 9.18 Å². The molecular weight excluding hydrogens is 321 g/mol. The number of carbonyl (C=O) groups is 2. The Morgan fingerprint density at radius 2 is 1.96 bits per heavy atom. The summed E-state index contributed by atoms with van der Waals surface area (Å²) in [4.78, 5) is 24.1. The summed E-state index contributed by atoms with van der Waals surface area (Å²) in [5.41, 5.74) is 0.821. The first-order valence-corrected chi connectivity index (χ1v) is 7.26. The van der Waals surface area contributed by atoms with Gasteiger partial charge in [-0.3, -0.25) is 4.79 Å². The zero-order valence-corrected chi connectivity index (χ0v) is 13.1. The molecule has 0 fully saturated rings. The van der Waals surface area contributed by atoms with Gasteiger partial charge in [0.1, 0.15) is 11.9 Å². The third-order valence-corrected chi connectivity index (χ3v) is 3.63. The number of rotatable bonds is 5. The van der Waals surface area contributed by atoms with Crippen molar-refractivity contribution in [3.05, 3.63) is 70.5 Å². The zero-order chi connectivity index (χ0) is 16.8. The van der Waals surface area contributed by atoms with Gasteiger partial charge in [0.05, 0.1) is 7.11 Å². The Hall–Kier alpha value is -2.40. The number of hydrogen-bond acceptors (Lipinski definition) is 3. The summed E-state index contributed by atoms with van der Waals surface area (Å²) in [6.07, 6.45) is 0.174. The Morgan fingerprint density at radius 1 is 1.22 bits per heavy atom. The van der Waals surface area contributed by atoms with Crippen molar-refractivity contribution in [3.63, 3.8) is 0 Å². The van der Waals surface area contributed by atoms with Crippen molar-refractivity contribution in [2.45, 2.75) is 12.5 Å². The lowest BCUT2D eigenvalue weighted by Gasteiger charge is -2.17. The predicted octanol–water partition coefficient (Wildman–Crippen LogP) is 2.99. The molecule has 2 aromatic rings. The molecule has 0 aliphatic rings. The molecule has 1 N–H and O–H groups in total. The standard InChI is InChI=1S/C17H15ClFNO3/c1-23-17(22)15(10-11-5-2-3-8-14(11)18)20-16(21)12-6-4-7-13(19)9-12/h2-9,15H,10H2,1H3,(H,20,21)/t15-/m1/s1. The number of halogens is 2. The van der Waals surface area contributed by atoms with Crippen LogP contribution < -0.4 is 5.32 Å². The second-order valence-electron chi connectivity index (χ2n) is 4.86. The number of nitrogens with one attached hydrogen (secondary N) is 1. The van der Waals surface area contributed by atoms with Crippen molar-refractivity contribution in [2.24, 2.45) is 0 Å². The first-order chi connectivity index (χ1) is 11.0. The Morgan fingerprint density at radius 3 is 2.61 bits per heavy atom. The van der Waals surface area contributed by atoms with Gasteiger partial charge in [-0.05, 0) is 29.8 Å². The molecule has 0 aliphatic heterocycles. The fourth-order valence-electron chi connectivity index (χ4n) is 2.09. The number of amides is 1. The van der Waals surface area contributed by atoms with Crippen LogP contribution in [-0.4, -0.2) is 25.0 Å². The second-order valence-corrected chi connectivity index (χ2v) is 5.26. The van der Waals surface area contributed by atoms with Gasteiger partial charge in [0.2, 0.25) is 0 Å². The Bertz CT molecular complexity index is 720. The summed E-state index contributed by atoms with van der Waals surface area (Å²) >= 11 is 6.08. The molecule has 0 aromatic heterocycles. The molecule has 0 saturated heterocycles. The molecule has 23 heavy (non-hydrogen) atoms. The minimum Gasteiger partial charge on any atom is -0.467 e. The Balaban J connectivity index is 2.17. The molecule has 0 heterocycles. The van der Waals surface area contributed by atoms with E-state index in [1.807, 2.05) is 0 Å². The average molecular weight is 336 g/mol. The van der Waals surface area contributed by atoms with E-state index in [9.17, 15) is 14.0 Å². The maximum Gasteiger partial charge on any atom is 0.328 e. The molecule has 2 aromatic carbocycles. The minimum absolute atomic E-state index is 0.123. The summed E-state index contributed by atoms with van der Waals surface area (Å²) in [5.74, 6) is -1.69. The van der Waals surface area contributed by atoms with Crippen LogP contribution in [-0.2, 0) is 16.0 Å². The van der Waals surface area contributed by atoms with Crippen LogP contribution in [0.4, 0.5) is 4.39 Å². The summed E-state index contributed by atoms with van der Waals surface area (Å²) in [6, 6.07) is 11.3. The van der Waals surface area contributed by atoms with Crippen LogP contribution in [0.1, 0.15) is 15.9 Å². The summed E-state index contributed by atoms with van der Waals surface area (Å²) < 4.78 is 17.9. The van der Waals surface area contributed by atoms with E-state index < -0.39 is 23.7 Å². The lowest BCUT2D eigenvalue weighted by atomic mass is 10.1. The lowest BCUT2D eigenvalue weighted by Crippen LogP contribution is -2.43. The SMILES string of the molecule is COC(=O)[C@@H](Cc1ccccc1Cl)NC(=O)c1cccc(F)c1. The van der Waals surface area contributed by atoms with E-state index in [-0.39, 0.29) is 12.0 Å². The van der Waals surface area contributed by atoms with Crippen LogP contribution in [0.3, 0.4) is 0 Å². The first-order valence-electron chi connectivity index (χ1n) is 6.89. The van der Waals surface area contributed by atoms with E-state index in [4.69, 9.17) is 16.3 Å². The number of hydrogen-bond donors (Lipinski definition) is 1. The van der Waals surface area contributed by atoms with E-state index in [1.165, 1.54) is 25.3 Å². The highest BCUT2D eigenvalue weighted by Gasteiger charge is 2.23. The minimum atomic E-state index is -0.921. The van der Waals surface area contributed by atoms with Crippen LogP contribution in [0.2, 0.25) is 5.02 Å². The third kappa shape index (κ3) is 4.53. The second kappa shape index (κ2) is 7.74. The van der Waals surface area contributed by atoms with Crippen molar-refractivity contribution in [3.8, 4) is 0 Å². The van der Waals surface area contributed by atoms with Gasteiger partial charge in [0.15, 0.2) is 0 Å². The summed E-state index contributed by atoms with van der Waals surface area (Å²) in [7, 11) is 1.23. The fourth-order valence-corrected chi connectivity index (χ4v) is 2.30. The number of esters is 1. The Labute approximate surface area is 138 Å². The maximum absolute atomic E-state index is 13.2. The molecule has 4 nitrogen and oxygen atoms in total. The average Bonchev–Trinajstić information content (AvgIpc) is 2.55. The predicted molar refractivity (Wildman–Crippen MR) is 84.8 cm³/mol. The molecule has 0 radical (unpaired) electrons. The number of methoxy groups -OCH3 is 1. The van der Waals surface area contributed by atoms with E-state index in [0.29, 0.717) is 10.6 Å². The molecule has 0 aliphatic carbocycles. The van der Waals surface area contributed by atoms with E-state index >= 15 is 0 Å². The molecule has 1 atom stereocenters.